The lowest BCUT2D eigenvalue weighted by Crippen LogP contribution is -2.27. The number of carbonyl (C=O) groups excluding carboxylic acids is 1. The van der Waals surface area contributed by atoms with Gasteiger partial charge in [-0.1, -0.05) is 12.1 Å². The molecule has 1 aromatic heterocycles. The number of rotatable bonds is 5. The first-order valence-electron chi connectivity index (χ1n) is 6.32. The molecule has 0 radical (unpaired) electrons. The zero-order chi connectivity index (χ0) is 15.4. The molecule has 0 spiro atoms. The van der Waals surface area contributed by atoms with E-state index in [4.69, 9.17) is 15.2 Å². The molecule has 1 amide bonds. The molecule has 2 aromatic rings. The predicted molar refractivity (Wildman–Crippen MR) is 78.3 cm³/mol. The lowest BCUT2D eigenvalue weighted by Gasteiger charge is -2.19. The Balaban J connectivity index is 2.22. The number of ether oxygens (including phenoxy) is 2. The molecule has 0 aliphatic carbocycles. The standard InChI is InChI=1S/C14H18N4O3/c1-18(14(19)12-10(15)7-16-17-12)8-9-5-4-6-11(20-2)13(9)21-3/h4-7H,8,15H2,1-3H3,(H,16,17). The number of nitrogens with two attached hydrogens (primary N) is 1. The van der Waals surface area contributed by atoms with E-state index in [-0.39, 0.29) is 11.6 Å². The molecule has 0 unspecified atom stereocenters. The molecule has 112 valence electrons. The first-order valence-corrected chi connectivity index (χ1v) is 6.32. The Hall–Kier alpha value is -2.70. The van der Waals surface area contributed by atoms with Crippen LogP contribution in [0.1, 0.15) is 16.1 Å². The number of nitrogen functional groups attached to an aromatic ring is 1. The van der Waals surface area contributed by atoms with E-state index in [1.165, 1.54) is 11.1 Å². The minimum Gasteiger partial charge on any atom is -0.493 e. The van der Waals surface area contributed by atoms with E-state index in [1.54, 1.807) is 27.3 Å². The number of benzene rings is 1. The number of nitrogens with one attached hydrogen (secondary N) is 1. The number of aromatic amines is 1. The van der Waals surface area contributed by atoms with Gasteiger partial charge in [0, 0.05) is 19.2 Å². The van der Waals surface area contributed by atoms with Crippen LogP contribution in [0, 0.1) is 0 Å². The third kappa shape index (κ3) is 2.91. The number of nitrogens with zero attached hydrogens (tertiary/aromatic N) is 2. The maximum atomic E-state index is 12.3. The highest BCUT2D eigenvalue weighted by molar-refractivity contribution is 5.96. The van der Waals surface area contributed by atoms with Crippen LogP contribution in [0.3, 0.4) is 0 Å². The maximum absolute atomic E-state index is 12.3. The second-order valence-electron chi connectivity index (χ2n) is 4.51. The van der Waals surface area contributed by atoms with Crippen LogP contribution in [0.5, 0.6) is 11.5 Å². The van der Waals surface area contributed by atoms with Crippen molar-refractivity contribution in [3.05, 3.63) is 35.7 Å². The van der Waals surface area contributed by atoms with Crippen molar-refractivity contribution < 1.29 is 14.3 Å². The van der Waals surface area contributed by atoms with Gasteiger partial charge in [-0.25, -0.2) is 0 Å². The Morgan fingerprint density at radius 2 is 2.14 bits per heavy atom. The molecule has 2 rings (SSSR count). The second kappa shape index (κ2) is 6.17. The number of carbonyl (C=O) groups is 1. The third-order valence-electron chi connectivity index (χ3n) is 3.12. The summed E-state index contributed by atoms with van der Waals surface area (Å²) in [4.78, 5) is 13.8. The molecular weight excluding hydrogens is 272 g/mol. The SMILES string of the molecule is COc1cccc(CN(C)C(=O)c2[nH]ncc2N)c1OC. The number of H-pyrrole nitrogens is 1. The van der Waals surface area contributed by atoms with E-state index < -0.39 is 0 Å². The Morgan fingerprint density at radius 1 is 1.38 bits per heavy atom. The zero-order valence-electron chi connectivity index (χ0n) is 12.2. The molecule has 1 aromatic carbocycles. The van der Waals surface area contributed by atoms with Crippen LogP contribution in [0.4, 0.5) is 5.69 Å². The fourth-order valence-electron chi connectivity index (χ4n) is 2.06. The molecule has 0 bridgehead atoms. The van der Waals surface area contributed by atoms with Crippen molar-refractivity contribution >= 4 is 11.6 Å². The van der Waals surface area contributed by atoms with Crippen LogP contribution >= 0.6 is 0 Å². The number of methoxy groups -OCH3 is 2. The second-order valence-corrected chi connectivity index (χ2v) is 4.51. The van der Waals surface area contributed by atoms with Crippen LogP contribution in [-0.2, 0) is 6.54 Å². The molecule has 0 aliphatic heterocycles. The minimum absolute atomic E-state index is 0.241. The van der Waals surface area contributed by atoms with Crippen molar-refractivity contribution in [2.24, 2.45) is 0 Å². The van der Waals surface area contributed by atoms with Gasteiger partial charge in [-0.2, -0.15) is 5.10 Å². The summed E-state index contributed by atoms with van der Waals surface area (Å²) in [6.45, 7) is 0.359. The number of para-hydroxylation sites is 1. The highest BCUT2D eigenvalue weighted by Gasteiger charge is 2.19. The van der Waals surface area contributed by atoms with Gasteiger partial charge in [0.2, 0.25) is 0 Å². The van der Waals surface area contributed by atoms with Crippen molar-refractivity contribution in [3.63, 3.8) is 0 Å². The highest BCUT2D eigenvalue weighted by atomic mass is 16.5. The highest BCUT2D eigenvalue weighted by Crippen LogP contribution is 2.31. The topological polar surface area (TPSA) is 93.5 Å². The van der Waals surface area contributed by atoms with Gasteiger partial charge in [0.05, 0.1) is 26.1 Å². The smallest absolute Gasteiger partial charge is 0.274 e. The monoisotopic (exact) mass is 290 g/mol. The average Bonchev–Trinajstić information content (AvgIpc) is 2.92. The van der Waals surface area contributed by atoms with Gasteiger partial charge in [0.25, 0.3) is 5.91 Å². The number of aromatic nitrogens is 2. The summed E-state index contributed by atoms with van der Waals surface area (Å²) >= 11 is 0. The molecule has 7 heteroatoms. The number of amides is 1. The van der Waals surface area contributed by atoms with Crippen molar-refractivity contribution in [3.8, 4) is 11.5 Å². The molecular formula is C14H18N4O3. The summed E-state index contributed by atoms with van der Waals surface area (Å²) in [6.07, 6.45) is 1.41. The molecule has 1 heterocycles. The van der Waals surface area contributed by atoms with E-state index in [2.05, 4.69) is 10.2 Å². The van der Waals surface area contributed by atoms with Gasteiger partial charge in [0.15, 0.2) is 11.5 Å². The molecule has 0 saturated heterocycles. The molecule has 7 nitrogen and oxygen atoms in total. The molecule has 0 saturated carbocycles. The van der Waals surface area contributed by atoms with Gasteiger partial charge >= 0.3 is 0 Å². The Morgan fingerprint density at radius 3 is 2.71 bits per heavy atom. The third-order valence-corrected chi connectivity index (χ3v) is 3.12. The van der Waals surface area contributed by atoms with Crippen LogP contribution in [0.25, 0.3) is 0 Å². The van der Waals surface area contributed by atoms with Crippen LogP contribution < -0.4 is 15.2 Å². The van der Waals surface area contributed by atoms with Crippen LogP contribution in [0.2, 0.25) is 0 Å². The quantitative estimate of drug-likeness (QED) is 0.865. The summed E-state index contributed by atoms with van der Waals surface area (Å²) in [5.41, 5.74) is 7.13. The average molecular weight is 290 g/mol. The summed E-state index contributed by atoms with van der Waals surface area (Å²) < 4.78 is 10.6. The first-order chi connectivity index (χ1) is 10.1. The van der Waals surface area contributed by atoms with E-state index in [0.717, 1.165) is 5.56 Å². The Bertz CT molecular complexity index is 639. The van der Waals surface area contributed by atoms with Gasteiger partial charge < -0.3 is 20.1 Å². The predicted octanol–water partition coefficient (Wildman–Crippen LogP) is 1.28. The fourth-order valence-corrected chi connectivity index (χ4v) is 2.06. The largest absolute Gasteiger partial charge is 0.493 e. The van der Waals surface area contributed by atoms with E-state index >= 15 is 0 Å². The Kier molecular flexibility index (Phi) is 4.32. The Labute approximate surface area is 122 Å². The zero-order valence-corrected chi connectivity index (χ0v) is 12.2. The maximum Gasteiger partial charge on any atom is 0.274 e. The minimum atomic E-state index is -0.241. The van der Waals surface area contributed by atoms with Gasteiger partial charge in [-0.3, -0.25) is 9.89 Å². The molecule has 21 heavy (non-hydrogen) atoms. The first kappa shape index (κ1) is 14.7. The van der Waals surface area contributed by atoms with E-state index in [9.17, 15) is 4.79 Å². The van der Waals surface area contributed by atoms with Crippen molar-refractivity contribution in [1.82, 2.24) is 15.1 Å². The fraction of sp³-hybridized carbons (Fsp3) is 0.286. The van der Waals surface area contributed by atoms with Gasteiger partial charge in [0.1, 0.15) is 5.69 Å². The van der Waals surface area contributed by atoms with Crippen molar-refractivity contribution in [2.45, 2.75) is 6.54 Å². The summed E-state index contributed by atoms with van der Waals surface area (Å²) in [5, 5.41) is 6.35. The van der Waals surface area contributed by atoms with Crippen molar-refractivity contribution in [2.75, 3.05) is 27.0 Å². The van der Waals surface area contributed by atoms with Crippen LogP contribution in [0.15, 0.2) is 24.4 Å². The van der Waals surface area contributed by atoms with Crippen molar-refractivity contribution in [1.29, 1.82) is 0 Å². The molecule has 0 atom stereocenters. The number of anilines is 1. The van der Waals surface area contributed by atoms with Gasteiger partial charge in [-0.05, 0) is 6.07 Å². The number of hydrogen-bond acceptors (Lipinski definition) is 5. The number of hydrogen-bond donors (Lipinski definition) is 2. The normalized spacial score (nSPS) is 10.2. The summed E-state index contributed by atoms with van der Waals surface area (Å²) in [7, 11) is 4.82. The van der Waals surface area contributed by atoms with E-state index in [1.807, 2.05) is 12.1 Å². The van der Waals surface area contributed by atoms with Crippen LogP contribution in [-0.4, -0.2) is 42.3 Å². The molecule has 0 aliphatic rings. The summed E-state index contributed by atoms with van der Waals surface area (Å²) in [6, 6.07) is 5.53. The lowest BCUT2D eigenvalue weighted by molar-refractivity contribution is 0.0779. The summed E-state index contributed by atoms with van der Waals surface area (Å²) in [5.74, 6) is 0.990. The van der Waals surface area contributed by atoms with E-state index in [0.29, 0.717) is 23.7 Å². The molecule has 0 fully saturated rings. The lowest BCUT2D eigenvalue weighted by atomic mass is 10.1. The molecule has 3 N–H and O–H groups in total. The van der Waals surface area contributed by atoms with Gasteiger partial charge in [-0.15, -0.1) is 0 Å².